The van der Waals surface area contributed by atoms with Crippen LogP contribution < -0.4 is 5.32 Å². The number of aromatic nitrogens is 2. The Morgan fingerprint density at radius 1 is 1.11 bits per heavy atom. The normalized spacial score (nSPS) is 10.9. The van der Waals surface area contributed by atoms with E-state index in [1.165, 1.54) is 16.9 Å². The van der Waals surface area contributed by atoms with Gasteiger partial charge in [0.1, 0.15) is 16.1 Å². The molecule has 0 radical (unpaired) electrons. The smallest absolute Gasteiger partial charge is 0.263 e. The van der Waals surface area contributed by atoms with Gasteiger partial charge >= 0.3 is 0 Å². The molecule has 3 aromatic heterocycles. The number of benzene rings is 1. The summed E-state index contributed by atoms with van der Waals surface area (Å²) in [6.07, 6.45) is 2.25. The van der Waals surface area contributed by atoms with E-state index in [0.717, 1.165) is 27.5 Å². The van der Waals surface area contributed by atoms with E-state index in [1.807, 2.05) is 54.9 Å². The summed E-state index contributed by atoms with van der Waals surface area (Å²) in [6.45, 7) is 4.40. The number of amides is 1. The van der Waals surface area contributed by atoms with Crippen LogP contribution in [0.1, 0.15) is 26.6 Å². The van der Waals surface area contributed by atoms with Gasteiger partial charge in [-0.1, -0.05) is 17.7 Å². The third-order valence-electron chi connectivity index (χ3n) is 4.29. The minimum absolute atomic E-state index is 0.0984. The molecule has 4 rings (SSSR count). The second-order valence-electron chi connectivity index (χ2n) is 6.46. The summed E-state index contributed by atoms with van der Waals surface area (Å²) in [6, 6.07) is 10.1. The van der Waals surface area contributed by atoms with E-state index in [4.69, 9.17) is 4.42 Å². The van der Waals surface area contributed by atoms with Crippen LogP contribution in [-0.4, -0.2) is 22.4 Å². The zero-order valence-electron chi connectivity index (χ0n) is 15.6. The van der Waals surface area contributed by atoms with Crippen molar-refractivity contribution >= 4 is 28.6 Å². The van der Waals surface area contributed by atoms with Gasteiger partial charge in [-0.15, -0.1) is 11.3 Å². The van der Waals surface area contributed by atoms with E-state index < -0.39 is 0 Å². The van der Waals surface area contributed by atoms with Gasteiger partial charge in [0.05, 0.1) is 11.4 Å². The van der Waals surface area contributed by atoms with Gasteiger partial charge in [-0.3, -0.25) is 4.79 Å². The molecule has 28 heavy (non-hydrogen) atoms. The van der Waals surface area contributed by atoms with E-state index in [0.29, 0.717) is 23.7 Å². The topological polar surface area (TPSA) is 68.0 Å². The van der Waals surface area contributed by atoms with Crippen molar-refractivity contribution in [1.82, 2.24) is 15.3 Å². The van der Waals surface area contributed by atoms with E-state index in [9.17, 15) is 4.79 Å². The highest BCUT2D eigenvalue weighted by Gasteiger charge is 2.16. The first kappa shape index (κ1) is 18.6. The van der Waals surface area contributed by atoms with Gasteiger partial charge in [-0.25, -0.2) is 9.97 Å². The van der Waals surface area contributed by atoms with Crippen molar-refractivity contribution in [2.75, 3.05) is 6.54 Å². The summed E-state index contributed by atoms with van der Waals surface area (Å²) >= 11 is 3.04. The predicted molar refractivity (Wildman–Crippen MR) is 113 cm³/mol. The van der Waals surface area contributed by atoms with E-state index in [1.54, 1.807) is 17.6 Å². The highest BCUT2D eigenvalue weighted by Crippen LogP contribution is 2.29. The van der Waals surface area contributed by atoms with Crippen LogP contribution in [-0.2, 0) is 6.42 Å². The average molecular weight is 410 g/mol. The van der Waals surface area contributed by atoms with Crippen LogP contribution in [0.4, 0.5) is 0 Å². The molecule has 0 fully saturated rings. The molecule has 0 aliphatic rings. The summed E-state index contributed by atoms with van der Waals surface area (Å²) < 4.78 is 5.57. The molecule has 0 atom stereocenters. The fourth-order valence-corrected chi connectivity index (χ4v) is 4.45. The molecule has 0 unspecified atom stereocenters. The molecule has 0 bridgehead atoms. The Bertz CT molecular complexity index is 1080. The first-order valence-electron chi connectivity index (χ1n) is 8.90. The minimum Gasteiger partial charge on any atom is -0.444 e. The lowest BCUT2D eigenvalue weighted by Gasteiger charge is -2.02. The summed E-state index contributed by atoms with van der Waals surface area (Å²) in [4.78, 5) is 22.2. The van der Waals surface area contributed by atoms with Gasteiger partial charge < -0.3 is 9.73 Å². The van der Waals surface area contributed by atoms with E-state index in [2.05, 4.69) is 15.3 Å². The molecule has 0 aliphatic carbocycles. The number of thiazole rings is 1. The van der Waals surface area contributed by atoms with Gasteiger partial charge in [0.15, 0.2) is 0 Å². The second kappa shape index (κ2) is 8.08. The number of carbonyl (C=O) groups excluding carboxylic acids is 1. The molecule has 1 aromatic carbocycles. The van der Waals surface area contributed by atoms with Crippen LogP contribution in [0, 0.1) is 13.8 Å². The fraction of sp³-hybridized carbons (Fsp3) is 0.190. The Kier molecular flexibility index (Phi) is 5.36. The summed E-state index contributed by atoms with van der Waals surface area (Å²) in [5, 5.41) is 7.88. The Morgan fingerprint density at radius 2 is 1.93 bits per heavy atom. The van der Waals surface area contributed by atoms with Crippen molar-refractivity contribution in [2.45, 2.75) is 20.3 Å². The standard InChI is InChI=1S/C21H19N3O2S2/c1-13-3-5-15(6-4-13)20-24-17(11-26-20)7-9-22-19(25)18-14(2)23-21(28-18)16-8-10-27-12-16/h3-6,8,10-12H,7,9H2,1-2H3,(H,22,25). The molecule has 7 heteroatoms. The number of carbonyl (C=O) groups is 1. The SMILES string of the molecule is Cc1ccc(-c2nc(CCNC(=O)c3sc(-c4ccsc4)nc3C)co2)cc1. The number of nitrogens with zero attached hydrogens (tertiary/aromatic N) is 2. The molecule has 5 nitrogen and oxygen atoms in total. The fourth-order valence-electron chi connectivity index (χ4n) is 2.75. The first-order valence-corrected chi connectivity index (χ1v) is 10.7. The zero-order chi connectivity index (χ0) is 19.5. The monoisotopic (exact) mass is 409 g/mol. The Balaban J connectivity index is 1.35. The van der Waals surface area contributed by atoms with Gasteiger partial charge in [0.2, 0.25) is 5.89 Å². The number of hydrogen-bond donors (Lipinski definition) is 1. The van der Waals surface area contributed by atoms with Crippen LogP contribution >= 0.6 is 22.7 Å². The molecule has 1 N–H and O–H groups in total. The van der Waals surface area contributed by atoms with Crippen molar-refractivity contribution in [1.29, 1.82) is 0 Å². The quantitative estimate of drug-likeness (QED) is 0.480. The number of hydrogen-bond acceptors (Lipinski definition) is 6. The lowest BCUT2D eigenvalue weighted by Crippen LogP contribution is -2.25. The van der Waals surface area contributed by atoms with Crippen molar-refractivity contribution in [2.24, 2.45) is 0 Å². The van der Waals surface area contributed by atoms with Crippen molar-refractivity contribution in [3.05, 3.63) is 69.2 Å². The highest BCUT2D eigenvalue weighted by molar-refractivity contribution is 7.17. The van der Waals surface area contributed by atoms with Gasteiger partial charge in [0.25, 0.3) is 5.91 Å². The highest BCUT2D eigenvalue weighted by atomic mass is 32.1. The molecule has 142 valence electrons. The molecular formula is C21H19N3O2S2. The summed E-state index contributed by atoms with van der Waals surface area (Å²) in [5.41, 5.74) is 4.77. The summed E-state index contributed by atoms with van der Waals surface area (Å²) in [7, 11) is 0. The Labute approximate surface area is 171 Å². The first-order chi connectivity index (χ1) is 13.6. The van der Waals surface area contributed by atoms with E-state index in [-0.39, 0.29) is 5.91 Å². The van der Waals surface area contributed by atoms with Crippen LogP contribution in [0.25, 0.3) is 22.0 Å². The lowest BCUT2D eigenvalue weighted by atomic mass is 10.1. The van der Waals surface area contributed by atoms with Crippen LogP contribution in [0.2, 0.25) is 0 Å². The van der Waals surface area contributed by atoms with Crippen molar-refractivity contribution < 1.29 is 9.21 Å². The van der Waals surface area contributed by atoms with Crippen LogP contribution in [0.3, 0.4) is 0 Å². The van der Waals surface area contributed by atoms with E-state index >= 15 is 0 Å². The number of nitrogens with one attached hydrogen (secondary N) is 1. The van der Waals surface area contributed by atoms with Gasteiger partial charge in [0, 0.05) is 29.5 Å². The number of thiophene rings is 1. The van der Waals surface area contributed by atoms with Crippen molar-refractivity contribution in [3.63, 3.8) is 0 Å². The molecule has 0 aliphatic heterocycles. The Morgan fingerprint density at radius 3 is 2.68 bits per heavy atom. The molecular weight excluding hydrogens is 390 g/mol. The third-order valence-corrected chi connectivity index (χ3v) is 6.18. The molecule has 0 saturated heterocycles. The molecule has 0 saturated carbocycles. The maximum atomic E-state index is 12.5. The third kappa shape index (κ3) is 4.05. The lowest BCUT2D eigenvalue weighted by molar-refractivity contribution is 0.0957. The van der Waals surface area contributed by atoms with Gasteiger partial charge in [-0.05, 0) is 37.4 Å². The predicted octanol–water partition coefficient (Wildman–Crippen LogP) is 5.12. The largest absolute Gasteiger partial charge is 0.444 e. The van der Waals surface area contributed by atoms with Crippen LogP contribution in [0.15, 0.2) is 51.8 Å². The summed E-state index contributed by atoms with van der Waals surface area (Å²) in [5.74, 6) is 0.499. The molecule has 1 amide bonds. The van der Waals surface area contributed by atoms with Crippen molar-refractivity contribution in [3.8, 4) is 22.0 Å². The molecule has 3 heterocycles. The Hall–Kier alpha value is -2.77. The van der Waals surface area contributed by atoms with Gasteiger partial charge in [-0.2, -0.15) is 11.3 Å². The number of aryl methyl sites for hydroxylation is 2. The molecule has 4 aromatic rings. The maximum Gasteiger partial charge on any atom is 0.263 e. The maximum absolute atomic E-state index is 12.5. The number of rotatable bonds is 6. The zero-order valence-corrected chi connectivity index (χ0v) is 17.2. The second-order valence-corrected chi connectivity index (χ2v) is 8.24. The minimum atomic E-state index is -0.0984. The molecule has 0 spiro atoms. The van der Waals surface area contributed by atoms with Crippen LogP contribution in [0.5, 0.6) is 0 Å². The average Bonchev–Trinajstić information content (AvgIpc) is 3.43. The number of oxazole rings is 1.